The summed E-state index contributed by atoms with van der Waals surface area (Å²) in [7, 11) is -2.93. The van der Waals surface area contributed by atoms with Crippen LogP contribution in [0.15, 0.2) is 29.3 Å². The average Bonchev–Trinajstić information content (AvgIpc) is 3.30. The van der Waals surface area contributed by atoms with Gasteiger partial charge in [-0.2, -0.15) is 0 Å². The van der Waals surface area contributed by atoms with Crippen molar-refractivity contribution in [3.8, 4) is 0 Å². The van der Waals surface area contributed by atoms with Gasteiger partial charge >= 0.3 is 0 Å². The molecule has 146 valence electrons. The number of rotatable bonds is 5. The zero-order valence-corrected chi connectivity index (χ0v) is 16.5. The molecule has 9 heteroatoms. The van der Waals surface area contributed by atoms with E-state index in [0.717, 1.165) is 35.9 Å². The summed E-state index contributed by atoms with van der Waals surface area (Å²) >= 11 is 1.50. The van der Waals surface area contributed by atoms with Crippen molar-refractivity contribution in [1.29, 1.82) is 0 Å². The lowest BCUT2D eigenvalue weighted by atomic mass is 10.1. The van der Waals surface area contributed by atoms with Crippen molar-refractivity contribution >= 4 is 38.4 Å². The molecule has 0 aliphatic carbocycles. The number of nitrogens with one attached hydrogen (secondary N) is 2. The molecule has 3 heterocycles. The summed E-state index contributed by atoms with van der Waals surface area (Å²) in [6.45, 7) is 1.36. The maximum absolute atomic E-state index is 12.0. The molecule has 0 spiro atoms. The van der Waals surface area contributed by atoms with Crippen molar-refractivity contribution < 1.29 is 17.9 Å². The predicted octanol–water partition coefficient (Wildman–Crippen LogP) is 1.20. The number of benzene rings is 1. The minimum atomic E-state index is -2.93. The molecule has 0 bridgehead atoms. The summed E-state index contributed by atoms with van der Waals surface area (Å²) in [4.78, 5) is 16.5. The first-order chi connectivity index (χ1) is 13.0. The molecule has 1 amide bonds. The van der Waals surface area contributed by atoms with Gasteiger partial charge in [0.25, 0.3) is 0 Å². The van der Waals surface area contributed by atoms with Gasteiger partial charge in [-0.25, -0.2) is 8.42 Å². The summed E-state index contributed by atoms with van der Waals surface area (Å²) in [6.07, 6.45) is 2.57. The van der Waals surface area contributed by atoms with E-state index in [-0.39, 0.29) is 34.8 Å². The van der Waals surface area contributed by atoms with Gasteiger partial charge in [0.1, 0.15) is 0 Å². The SMILES string of the molecule is O=C(Cc1ccc(NC2=N[C@@H]3CS(=O)(=O)C[C@H]3S2)cc1)NC[C@H]1CCCO1. The van der Waals surface area contributed by atoms with E-state index in [4.69, 9.17) is 4.74 Å². The number of fused-ring (bicyclic) bond motifs is 1. The van der Waals surface area contributed by atoms with Crippen molar-refractivity contribution in [3.05, 3.63) is 29.8 Å². The fourth-order valence-corrected chi connectivity index (χ4v) is 7.20. The molecular weight excluding hydrogens is 386 g/mol. The molecule has 1 aromatic carbocycles. The van der Waals surface area contributed by atoms with E-state index >= 15 is 0 Å². The van der Waals surface area contributed by atoms with Gasteiger partial charge in [-0.3, -0.25) is 9.79 Å². The number of hydrogen-bond acceptors (Lipinski definition) is 7. The quantitative estimate of drug-likeness (QED) is 0.759. The van der Waals surface area contributed by atoms with Crippen molar-refractivity contribution in [2.45, 2.75) is 36.7 Å². The van der Waals surface area contributed by atoms with Gasteiger partial charge in [0, 0.05) is 24.1 Å². The fourth-order valence-electron chi connectivity index (χ4n) is 3.53. The molecule has 2 saturated heterocycles. The van der Waals surface area contributed by atoms with Crippen LogP contribution in [-0.2, 0) is 25.8 Å². The van der Waals surface area contributed by atoms with Crippen molar-refractivity contribution in [3.63, 3.8) is 0 Å². The molecule has 7 nitrogen and oxygen atoms in total. The van der Waals surface area contributed by atoms with Crippen LogP contribution in [0.25, 0.3) is 0 Å². The Balaban J connectivity index is 1.26. The minimum absolute atomic E-state index is 0.00373. The third-order valence-corrected chi connectivity index (χ3v) is 8.08. The van der Waals surface area contributed by atoms with Crippen molar-refractivity contribution in [2.75, 3.05) is 30.0 Å². The van der Waals surface area contributed by atoms with Gasteiger partial charge < -0.3 is 15.4 Å². The maximum Gasteiger partial charge on any atom is 0.224 e. The van der Waals surface area contributed by atoms with Gasteiger partial charge in [-0.15, -0.1) is 0 Å². The number of hydrogen-bond donors (Lipinski definition) is 2. The van der Waals surface area contributed by atoms with Crippen LogP contribution in [0.3, 0.4) is 0 Å². The molecule has 0 radical (unpaired) electrons. The van der Waals surface area contributed by atoms with Crippen LogP contribution in [0.4, 0.5) is 5.69 Å². The Bertz CT molecular complexity index is 833. The van der Waals surface area contributed by atoms with Crippen molar-refractivity contribution in [1.82, 2.24) is 5.32 Å². The highest BCUT2D eigenvalue weighted by molar-refractivity contribution is 8.15. The standard InChI is InChI=1S/C18H23N3O4S2/c22-17(19-9-14-2-1-7-25-14)8-12-3-5-13(6-4-12)20-18-21-15-10-27(23,24)11-16(15)26-18/h3-6,14-16H,1-2,7-11H2,(H,19,22)(H,20,21)/t14-,15-,16-/m1/s1. The summed E-state index contributed by atoms with van der Waals surface area (Å²) in [6, 6.07) is 7.53. The third kappa shape index (κ3) is 4.83. The van der Waals surface area contributed by atoms with Crippen LogP contribution in [0, 0.1) is 0 Å². The van der Waals surface area contributed by atoms with Gasteiger partial charge in [-0.1, -0.05) is 23.9 Å². The second-order valence-electron chi connectivity index (χ2n) is 7.17. The Morgan fingerprint density at radius 1 is 1.26 bits per heavy atom. The topological polar surface area (TPSA) is 96.9 Å². The number of anilines is 1. The first kappa shape index (κ1) is 18.8. The molecular formula is C18H23N3O4S2. The Hall–Kier alpha value is -1.58. The van der Waals surface area contributed by atoms with Crippen LogP contribution < -0.4 is 10.6 Å². The molecule has 0 aromatic heterocycles. The van der Waals surface area contributed by atoms with Gasteiger partial charge in [0.05, 0.1) is 30.1 Å². The molecule has 3 aliphatic rings. The van der Waals surface area contributed by atoms with Crippen LogP contribution in [0.1, 0.15) is 18.4 Å². The summed E-state index contributed by atoms with van der Waals surface area (Å²) < 4.78 is 28.7. The largest absolute Gasteiger partial charge is 0.376 e. The molecule has 3 aliphatic heterocycles. The van der Waals surface area contributed by atoms with Gasteiger partial charge in [0.2, 0.25) is 5.91 Å². The molecule has 0 saturated carbocycles. The smallest absolute Gasteiger partial charge is 0.224 e. The third-order valence-electron chi connectivity index (χ3n) is 4.94. The Morgan fingerprint density at radius 3 is 2.78 bits per heavy atom. The number of nitrogens with zero attached hydrogens (tertiary/aromatic N) is 1. The molecule has 2 fully saturated rings. The molecule has 4 rings (SSSR count). The molecule has 1 aromatic rings. The number of thioether (sulfide) groups is 1. The summed E-state index contributed by atoms with van der Waals surface area (Å²) in [5, 5.41) is 6.96. The zero-order valence-electron chi connectivity index (χ0n) is 14.9. The maximum atomic E-state index is 12.0. The Kier molecular flexibility index (Phi) is 5.43. The zero-order chi connectivity index (χ0) is 18.9. The number of carbonyl (C=O) groups excluding carboxylic acids is 1. The number of aliphatic imine (C=N–C) groups is 1. The van der Waals surface area contributed by atoms with E-state index in [1.807, 2.05) is 24.3 Å². The lowest BCUT2D eigenvalue weighted by Gasteiger charge is -2.11. The van der Waals surface area contributed by atoms with Crippen molar-refractivity contribution in [2.24, 2.45) is 4.99 Å². The number of sulfone groups is 1. The molecule has 2 N–H and O–H groups in total. The van der Waals surface area contributed by atoms with E-state index in [0.29, 0.717) is 13.0 Å². The average molecular weight is 410 g/mol. The van der Waals surface area contributed by atoms with E-state index in [1.165, 1.54) is 11.8 Å². The van der Waals surface area contributed by atoms with Gasteiger partial charge in [0.15, 0.2) is 15.0 Å². The van der Waals surface area contributed by atoms with E-state index in [1.54, 1.807) is 0 Å². The first-order valence-electron chi connectivity index (χ1n) is 9.16. The minimum Gasteiger partial charge on any atom is -0.376 e. The second kappa shape index (κ2) is 7.81. The Labute approximate surface area is 163 Å². The molecule has 3 atom stereocenters. The highest BCUT2D eigenvalue weighted by Crippen LogP contribution is 2.34. The number of carbonyl (C=O) groups is 1. The normalized spacial score (nSPS) is 28.6. The van der Waals surface area contributed by atoms with Crippen LogP contribution in [-0.4, -0.2) is 61.5 Å². The lowest BCUT2D eigenvalue weighted by Crippen LogP contribution is -2.32. The highest BCUT2D eigenvalue weighted by Gasteiger charge is 2.42. The Morgan fingerprint density at radius 2 is 2.07 bits per heavy atom. The number of amides is 1. The summed E-state index contributed by atoms with van der Waals surface area (Å²) in [5.41, 5.74) is 1.82. The second-order valence-corrected chi connectivity index (χ2v) is 10.6. The molecule has 0 unspecified atom stereocenters. The number of amidine groups is 1. The summed E-state index contributed by atoms with van der Waals surface area (Å²) in [5.74, 6) is 0.350. The molecule has 27 heavy (non-hydrogen) atoms. The van der Waals surface area contributed by atoms with E-state index < -0.39 is 9.84 Å². The van der Waals surface area contributed by atoms with Crippen LogP contribution in [0.2, 0.25) is 0 Å². The lowest BCUT2D eigenvalue weighted by molar-refractivity contribution is -0.120. The van der Waals surface area contributed by atoms with E-state index in [9.17, 15) is 13.2 Å². The van der Waals surface area contributed by atoms with Crippen LogP contribution >= 0.6 is 11.8 Å². The van der Waals surface area contributed by atoms with Gasteiger partial charge in [-0.05, 0) is 30.5 Å². The highest BCUT2D eigenvalue weighted by atomic mass is 32.2. The predicted molar refractivity (Wildman–Crippen MR) is 107 cm³/mol. The first-order valence-corrected chi connectivity index (χ1v) is 11.9. The number of ether oxygens (including phenoxy) is 1. The van der Waals surface area contributed by atoms with E-state index in [2.05, 4.69) is 15.6 Å². The van der Waals surface area contributed by atoms with Crippen LogP contribution in [0.5, 0.6) is 0 Å². The fraction of sp³-hybridized carbons (Fsp3) is 0.556. The monoisotopic (exact) mass is 409 g/mol.